The van der Waals surface area contributed by atoms with Crippen molar-refractivity contribution in [1.82, 2.24) is 0 Å². The Morgan fingerprint density at radius 2 is 1.72 bits per heavy atom. The largest absolute Gasteiger partial charge is 0.377 e. The summed E-state index contributed by atoms with van der Waals surface area (Å²) >= 11 is 12.2. The molecule has 32 heavy (non-hydrogen) atoms. The maximum Gasteiger partial charge on any atom is 0.339 e. The molecule has 0 bridgehead atoms. The second-order valence-corrected chi connectivity index (χ2v) is 9.00. The quantitative estimate of drug-likeness (QED) is 0.277. The Balaban J connectivity index is 1.81. The Morgan fingerprint density at radius 3 is 2.34 bits per heavy atom. The van der Waals surface area contributed by atoms with Gasteiger partial charge < -0.3 is 9.50 Å². The highest BCUT2D eigenvalue weighted by Gasteiger charge is 2.18. The number of para-hydroxylation sites is 1. The van der Waals surface area contributed by atoms with Crippen LogP contribution in [0, 0.1) is 18.3 Å². The van der Waals surface area contributed by atoms with Crippen molar-refractivity contribution in [2.45, 2.75) is 11.8 Å². The van der Waals surface area contributed by atoms with Gasteiger partial charge in [-0.2, -0.15) is 13.7 Å². The standard InChI is InChI=1S/C23H16Cl2N2O4S/c1-15-6-9-18(10-7-15)32(29,30)31-22-11-8-16(13-20(22)25)12-17(14-26)23(28)27-21-5-3-2-4-19(21)24/h2-13H,1H3,(H,27,28)/b17-12+. The molecule has 3 aromatic carbocycles. The molecule has 0 unspecified atom stereocenters. The number of hydrogen-bond acceptors (Lipinski definition) is 5. The monoisotopic (exact) mass is 486 g/mol. The summed E-state index contributed by atoms with van der Waals surface area (Å²) in [4.78, 5) is 12.4. The lowest BCUT2D eigenvalue weighted by molar-refractivity contribution is -0.112. The molecule has 0 spiro atoms. The highest BCUT2D eigenvalue weighted by Crippen LogP contribution is 2.29. The van der Waals surface area contributed by atoms with Gasteiger partial charge in [-0.15, -0.1) is 0 Å². The number of nitriles is 1. The van der Waals surface area contributed by atoms with Gasteiger partial charge in [0.15, 0.2) is 5.75 Å². The van der Waals surface area contributed by atoms with Crippen molar-refractivity contribution in [1.29, 1.82) is 5.26 Å². The van der Waals surface area contributed by atoms with Crippen LogP contribution in [-0.4, -0.2) is 14.3 Å². The Kier molecular flexibility index (Phi) is 7.21. The normalized spacial score (nSPS) is 11.5. The zero-order valence-corrected chi connectivity index (χ0v) is 19.0. The van der Waals surface area contributed by atoms with E-state index in [1.165, 1.54) is 36.4 Å². The smallest absolute Gasteiger partial charge is 0.339 e. The lowest BCUT2D eigenvalue weighted by atomic mass is 10.1. The molecule has 3 aromatic rings. The molecule has 1 amide bonds. The van der Waals surface area contributed by atoms with Crippen LogP contribution in [0.25, 0.3) is 6.08 Å². The van der Waals surface area contributed by atoms with Crippen molar-refractivity contribution < 1.29 is 17.4 Å². The highest BCUT2D eigenvalue weighted by atomic mass is 35.5. The van der Waals surface area contributed by atoms with Gasteiger partial charge in [0.05, 0.1) is 15.7 Å². The number of carbonyl (C=O) groups is 1. The van der Waals surface area contributed by atoms with Crippen LogP contribution < -0.4 is 9.50 Å². The van der Waals surface area contributed by atoms with E-state index in [4.69, 9.17) is 27.4 Å². The third kappa shape index (κ3) is 5.68. The molecule has 0 heterocycles. The summed E-state index contributed by atoms with van der Waals surface area (Å²) in [6, 6.07) is 18.8. The van der Waals surface area contributed by atoms with Crippen molar-refractivity contribution in [3.8, 4) is 11.8 Å². The molecule has 0 saturated carbocycles. The van der Waals surface area contributed by atoms with Crippen LogP contribution in [0.15, 0.2) is 77.2 Å². The molecule has 0 aliphatic carbocycles. The molecule has 0 aromatic heterocycles. The summed E-state index contributed by atoms with van der Waals surface area (Å²) in [5.74, 6) is -0.734. The maximum atomic E-state index is 12.5. The van der Waals surface area contributed by atoms with Crippen LogP contribution in [0.4, 0.5) is 5.69 Å². The summed E-state index contributed by atoms with van der Waals surface area (Å²) in [5, 5.41) is 12.3. The number of benzene rings is 3. The minimum absolute atomic E-state index is 0.00163. The molecule has 6 nitrogen and oxygen atoms in total. The number of aryl methyl sites for hydroxylation is 1. The van der Waals surface area contributed by atoms with Crippen molar-refractivity contribution in [2.24, 2.45) is 0 Å². The maximum absolute atomic E-state index is 12.5. The van der Waals surface area contributed by atoms with Crippen LogP contribution in [0.5, 0.6) is 5.75 Å². The van der Waals surface area contributed by atoms with Gasteiger partial charge in [-0.3, -0.25) is 4.79 Å². The SMILES string of the molecule is Cc1ccc(S(=O)(=O)Oc2ccc(/C=C(\C#N)C(=O)Nc3ccccc3Cl)cc2Cl)cc1. The first-order valence-electron chi connectivity index (χ1n) is 9.18. The first-order valence-corrected chi connectivity index (χ1v) is 11.3. The number of anilines is 1. The number of halogens is 2. The molecule has 0 aliphatic heterocycles. The number of amides is 1. The molecule has 1 N–H and O–H groups in total. The lowest BCUT2D eigenvalue weighted by Crippen LogP contribution is -2.13. The highest BCUT2D eigenvalue weighted by molar-refractivity contribution is 7.87. The molecule has 0 fully saturated rings. The molecule has 0 atom stereocenters. The molecule has 9 heteroatoms. The van der Waals surface area contributed by atoms with E-state index in [9.17, 15) is 18.5 Å². The third-order valence-corrected chi connectivity index (χ3v) is 6.14. The van der Waals surface area contributed by atoms with E-state index in [1.54, 1.807) is 36.4 Å². The van der Waals surface area contributed by atoms with E-state index >= 15 is 0 Å². The number of nitrogens with one attached hydrogen (secondary N) is 1. The van der Waals surface area contributed by atoms with Gasteiger partial charge in [-0.05, 0) is 55.0 Å². The summed E-state index contributed by atoms with van der Waals surface area (Å²) in [5.41, 5.74) is 1.48. The van der Waals surface area contributed by atoms with Gasteiger partial charge in [0.1, 0.15) is 16.5 Å². The molecule has 0 saturated heterocycles. The Labute approximate surface area is 195 Å². The van der Waals surface area contributed by atoms with Crippen LogP contribution in [0.2, 0.25) is 10.0 Å². The van der Waals surface area contributed by atoms with Crippen molar-refractivity contribution >= 4 is 51.0 Å². The average Bonchev–Trinajstić information content (AvgIpc) is 2.75. The average molecular weight is 487 g/mol. The summed E-state index contributed by atoms with van der Waals surface area (Å²) < 4.78 is 30.1. The van der Waals surface area contributed by atoms with Gasteiger partial charge in [-0.1, -0.05) is 59.1 Å². The van der Waals surface area contributed by atoms with Gasteiger partial charge in [-0.25, -0.2) is 0 Å². The zero-order valence-electron chi connectivity index (χ0n) is 16.7. The van der Waals surface area contributed by atoms with E-state index in [1.807, 2.05) is 13.0 Å². The third-order valence-electron chi connectivity index (χ3n) is 4.26. The van der Waals surface area contributed by atoms with Gasteiger partial charge >= 0.3 is 10.1 Å². The summed E-state index contributed by atoms with van der Waals surface area (Å²) in [6.45, 7) is 1.84. The number of hydrogen-bond donors (Lipinski definition) is 1. The fraction of sp³-hybridized carbons (Fsp3) is 0.0435. The minimum Gasteiger partial charge on any atom is -0.377 e. The summed E-state index contributed by atoms with van der Waals surface area (Å²) in [6.07, 6.45) is 1.32. The predicted molar refractivity (Wildman–Crippen MR) is 124 cm³/mol. The second kappa shape index (κ2) is 9.88. The van der Waals surface area contributed by atoms with E-state index in [0.29, 0.717) is 16.3 Å². The van der Waals surface area contributed by atoms with Crippen molar-refractivity contribution in [2.75, 3.05) is 5.32 Å². The van der Waals surface area contributed by atoms with Crippen LogP contribution in [0.1, 0.15) is 11.1 Å². The Morgan fingerprint density at radius 1 is 1.03 bits per heavy atom. The zero-order chi connectivity index (χ0) is 23.3. The molecule has 0 aliphatic rings. The number of nitrogens with zero attached hydrogens (tertiary/aromatic N) is 1. The minimum atomic E-state index is -4.07. The molecule has 162 valence electrons. The first-order chi connectivity index (χ1) is 15.2. The molecule has 3 rings (SSSR count). The Bertz CT molecular complexity index is 1350. The van der Waals surface area contributed by atoms with Crippen molar-refractivity contribution in [3.05, 3.63) is 93.5 Å². The predicted octanol–water partition coefficient (Wildman–Crippen LogP) is 5.62. The molecular weight excluding hydrogens is 471 g/mol. The van der Waals surface area contributed by atoms with E-state index in [2.05, 4.69) is 5.32 Å². The first kappa shape index (κ1) is 23.4. The van der Waals surface area contributed by atoms with Gasteiger partial charge in [0, 0.05) is 0 Å². The number of carbonyl (C=O) groups excluding carboxylic acids is 1. The van der Waals surface area contributed by atoms with Crippen molar-refractivity contribution in [3.63, 3.8) is 0 Å². The van der Waals surface area contributed by atoms with Crippen LogP contribution in [-0.2, 0) is 14.9 Å². The van der Waals surface area contributed by atoms with E-state index in [-0.39, 0.29) is 21.2 Å². The lowest BCUT2D eigenvalue weighted by Gasteiger charge is -2.10. The topological polar surface area (TPSA) is 96.3 Å². The molecule has 0 radical (unpaired) electrons. The second-order valence-electron chi connectivity index (χ2n) is 6.64. The fourth-order valence-electron chi connectivity index (χ4n) is 2.61. The van der Waals surface area contributed by atoms with Gasteiger partial charge in [0.2, 0.25) is 0 Å². The van der Waals surface area contributed by atoms with Gasteiger partial charge in [0.25, 0.3) is 5.91 Å². The fourth-order valence-corrected chi connectivity index (χ4v) is 4.02. The van der Waals surface area contributed by atoms with E-state index in [0.717, 1.165) is 5.56 Å². The summed E-state index contributed by atoms with van der Waals surface area (Å²) in [7, 11) is -4.07. The number of rotatable bonds is 6. The van der Waals surface area contributed by atoms with E-state index < -0.39 is 16.0 Å². The van der Waals surface area contributed by atoms with Crippen LogP contribution >= 0.6 is 23.2 Å². The van der Waals surface area contributed by atoms with Crippen LogP contribution in [0.3, 0.4) is 0 Å². The Hall–Kier alpha value is -3.31. The molecular formula is C23H16Cl2N2O4S.